The molecule has 1 aromatic carbocycles. The Bertz CT molecular complexity index is 1780. The molecular weight excluding hydrogens is 526 g/mol. The number of hydrogen-bond acceptors (Lipinski definition) is 9. The van der Waals surface area contributed by atoms with Crippen molar-refractivity contribution >= 4 is 26.8 Å². The summed E-state index contributed by atoms with van der Waals surface area (Å²) in [5, 5.41) is 3.18. The third-order valence-electron chi connectivity index (χ3n) is 8.29. The van der Waals surface area contributed by atoms with Crippen molar-refractivity contribution in [3.05, 3.63) is 64.1 Å². The van der Waals surface area contributed by atoms with E-state index in [1.807, 2.05) is 0 Å². The second-order valence-electron chi connectivity index (χ2n) is 11.5. The van der Waals surface area contributed by atoms with Crippen LogP contribution in [0.2, 0.25) is 0 Å². The first kappa shape index (κ1) is 25.3. The average Bonchev–Trinajstić information content (AvgIpc) is 3.81. The van der Waals surface area contributed by atoms with Crippen molar-refractivity contribution in [2.24, 2.45) is 0 Å². The van der Waals surface area contributed by atoms with E-state index in [-0.39, 0.29) is 27.6 Å². The van der Waals surface area contributed by atoms with Gasteiger partial charge in [-0.2, -0.15) is 0 Å². The summed E-state index contributed by atoms with van der Waals surface area (Å²) in [5.41, 5.74) is 4.34. The number of aromatic nitrogens is 6. The third kappa shape index (κ3) is 4.46. The molecule has 1 N–H and O–H groups in total. The van der Waals surface area contributed by atoms with E-state index in [4.69, 9.17) is 9.97 Å². The van der Waals surface area contributed by atoms with Gasteiger partial charge < -0.3 is 5.32 Å². The maximum absolute atomic E-state index is 13.8. The smallest absolute Gasteiger partial charge is 0.295 e. The first-order valence-corrected chi connectivity index (χ1v) is 15.6. The van der Waals surface area contributed by atoms with Crippen LogP contribution in [0, 0.1) is 0 Å². The lowest BCUT2D eigenvalue weighted by atomic mass is 10.0. The van der Waals surface area contributed by atoms with E-state index in [2.05, 4.69) is 27.2 Å². The summed E-state index contributed by atoms with van der Waals surface area (Å²) in [4.78, 5) is 37.7. The van der Waals surface area contributed by atoms with Gasteiger partial charge in [0.1, 0.15) is 11.8 Å². The molecule has 7 rings (SSSR count). The van der Waals surface area contributed by atoms with Gasteiger partial charge in [-0.15, -0.1) is 0 Å². The fourth-order valence-corrected chi connectivity index (χ4v) is 6.15. The molecule has 11 heteroatoms. The van der Waals surface area contributed by atoms with Crippen LogP contribution in [0.4, 0.5) is 5.82 Å². The Morgan fingerprint density at radius 3 is 2.20 bits per heavy atom. The zero-order valence-electron chi connectivity index (χ0n) is 22.6. The topological polar surface area (TPSA) is 133 Å². The van der Waals surface area contributed by atoms with E-state index in [0.29, 0.717) is 35.4 Å². The Hall–Kier alpha value is -3.73. The van der Waals surface area contributed by atoms with E-state index < -0.39 is 9.84 Å². The SMILES string of the molecule is CCS(=O)(=O)c1ccc(CNc2nc3cnc(-c4c(C5CC5)ncnc4C4CC4)nc3n(C3(C)CC3)c2=O)cc1. The molecule has 4 aromatic rings. The van der Waals surface area contributed by atoms with E-state index in [0.717, 1.165) is 61.0 Å². The molecule has 0 atom stereocenters. The number of fused-ring (bicyclic) bond motifs is 1. The van der Waals surface area contributed by atoms with Gasteiger partial charge in [-0.1, -0.05) is 19.1 Å². The van der Waals surface area contributed by atoms with Crippen LogP contribution >= 0.6 is 0 Å². The molecule has 10 nitrogen and oxygen atoms in total. The normalized spacial score (nSPS) is 18.1. The third-order valence-corrected chi connectivity index (χ3v) is 10.0. The lowest BCUT2D eigenvalue weighted by Gasteiger charge is -2.18. The maximum Gasteiger partial charge on any atom is 0.295 e. The summed E-state index contributed by atoms with van der Waals surface area (Å²) in [7, 11) is -3.27. The van der Waals surface area contributed by atoms with E-state index >= 15 is 0 Å². The summed E-state index contributed by atoms with van der Waals surface area (Å²) in [6.07, 6.45) is 9.57. The van der Waals surface area contributed by atoms with Crippen LogP contribution in [0.1, 0.15) is 81.2 Å². The minimum atomic E-state index is -3.27. The van der Waals surface area contributed by atoms with Crippen LogP contribution in [-0.2, 0) is 21.9 Å². The number of sulfone groups is 1. The molecule has 0 saturated heterocycles. The van der Waals surface area contributed by atoms with Gasteiger partial charge in [0.2, 0.25) is 0 Å². The van der Waals surface area contributed by atoms with Gasteiger partial charge in [0.15, 0.2) is 27.1 Å². The van der Waals surface area contributed by atoms with E-state index in [9.17, 15) is 13.2 Å². The molecule has 0 bridgehead atoms. The number of nitrogens with one attached hydrogen (secondary N) is 1. The Balaban J connectivity index is 1.27. The van der Waals surface area contributed by atoms with Gasteiger partial charge in [-0.05, 0) is 63.1 Å². The van der Waals surface area contributed by atoms with Crippen LogP contribution in [-0.4, -0.2) is 43.7 Å². The molecular formula is C29H31N7O3S. The minimum absolute atomic E-state index is 0.0504. The largest absolute Gasteiger partial charge is 0.361 e. The van der Waals surface area contributed by atoms with Crippen molar-refractivity contribution in [3.63, 3.8) is 0 Å². The lowest BCUT2D eigenvalue weighted by Crippen LogP contribution is -2.32. The highest BCUT2D eigenvalue weighted by molar-refractivity contribution is 7.91. The van der Waals surface area contributed by atoms with Crippen LogP contribution in [0.3, 0.4) is 0 Å². The zero-order chi connectivity index (χ0) is 27.6. The second-order valence-corrected chi connectivity index (χ2v) is 13.7. The van der Waals surface area contributed by atoms with Crippen molar-refractivity contribution in [2.45, 2.75) is 81.2 Å². The Kier molecular flexibility index (Phi) is 5.78. The van der Waals surface area contributed by atoms with Gasteiger partial charge in [-0.3, -0.25) is 9.36 Å². The number of anilines is 1. The first-order valence-electron chi connectivity index (χ1n) is 14.0. The molecule has 3 fully saturated rings. The predicted molar refractivity (Wildman–Crippen MR) is 151 cm³/mol. The van der Waals surface area contributed by atoms with Crippen LogP contribution in [0.25, 0.3) is 22.6 Å². The van der Waals surface area contributed by atoms with Crippen LogP contribution in [0.15, 0.2) is 46.5 Å². The highest BCUT2D eigenvalue weighted by Crippen LogP contribution is 2.49. The summed E-state index contributed by atoms with van der Waals surface area (Å²) < 4.78 is 26.0. The molecule has 0 spiro atoms. The standard InChI is InChI=1S/C29H31N7O3S/c1-3-40(38,39)20-10-4-17(5-11-20)14-30-26-28(37)36(29(2)12-13-29)27-21(34-26)15-31-25(35-27)22-23(18-6-7-18)32-16-33-24(22)19-8-9-19/h4-5,10-11,15-16,18-19H,3,6-9,12-14H2,1-2H3,(H,30,34). The quantitative estimate of drug-likeness (QED) is 0.319. The molecule has 3 heterocycles. The number of rotatable bonds is 9. The van der Waals surface area contributed by atoms with Crippen LogP contribution in [0.5, 0.6) is 0 Å². The molecule has 3 aliphatic carbocycles. The van der Waals surface area contributed by atoms with Gasteiger partial charge >= 0.3 is 0 Å². The van der Waals surface area contributed by atoms with Gasteiger partial charge in [0.05, 0.1) is 33.8 Å². The molecule has 0 unspecified atom stereocenters. The highest BCUT2D eigenvalue weighted by atomic mass is 32.2. The van der Waals surface area contributed by atoms with Crippen molar-refractivity contribution < 1.29 is 8.42 Å². The van der Waals surface area contributed by atoms with Gasteiger partial charge in [-0.25, -0.2) is 33.3 Å². The zero-order valence-corrected chi connectivity index (χ0v) is 23.4. The van der Waals surface area contributed by atoms with Crippen LogP contribution < -0.4 is 10.9 Å². The number of nitrogens with zero attached hydrogens (tertiary/aromatic N) is 6. The summed E-state index contributed by atoms with van der Waals surface area (Å²) >= 11 is 0. The molecule has 3 aromatic heterocycles. The second kappa shape index (κ2) is 9.15. The molecule has 0 aliphatic heterocycles. The molecule has 0 amide bonds. The van der Waals surface area contributed by atoms with Crippen molar-refractivity contribution in [3.8, 4) is 11.4 Å². The van der Waals surface area contributed by atoms with Gasteiger partial charge in [0, 0.05) is 23.9 Å². The van der Waals surface area contributed by atoms with E-state index in [1.165, 1.54) is 0 Å². The first-order chi connectivity index (χ1) is 19.3. The summed E-state index contributed by atoms with van der Waals surface area (Å²) in [5.74, 6) is 1.67. The molecule has 3 saturated carbocycles. The average molecular weight is 558 g/mol. The molecule has 40 heavy (non-hydrogen) atoms. The fourth-order valence-electron chi connectivity index (χ4n) is 5.26. The van der Waals surface area contributed by atoms with Crippen molar-refractivity contribution in [2.75, 3.05) is 11.1 Å². The Labute approximate surface area is 232 Å². The minimum Gasteiger partial charge on any atom is -0.361 e. The van der Waals surface area contributed by atoms with E-state index in [1.54, 1.807) is 48.3 Å². The maximum atomic E-state index is 13.8. The predicted octanol–water partition coefficient (Wildman–Crippen LogP) is 4.31. The highest BCUT2D eigenvalue weighted by Gasteiger charge is 2.42. The Morgan fingerprint density at radius 1 is 0.975 bits per heavy atom. The molecule has 206 valence electrons. The summed E-state index contributed by atoms with van der Waals surface area (Å²) in [6, 6.07) is 6.70. The van der Waals surface area contributed by atoms with Gasteiger partial charge in [0.25, 0.3) is 5.56 Å². The molecule has 3 aliphatic rings. The Morgan fingerprint density at radius 2 is 1.62 bits per heavy atom. The van der Waals surface area contributed by atoms with Crippen molar-refractivity contribution in [1.82, 2.24) is 29.5 Å². The monoisotopic (exact) mass is 557 g/mol. The van der Waals surface area contributed by atoms with Crippen molar-refractivity contribution in [1.29, 1.82) is 0 Å². The summed E-state index contributed by atoms with van der Waals surface area (Å²) in [6.45, 7) is 4.02. The number of benzene rings is 1. The number of hydrogen-bond donors (Lipinski definition) is 1. The molecule has 0 radical (unpaired) electrons. The lowest BCUT2D eigenvalue weighted by molar-refractivity contribution is 0.527. The fraction of sp³-hybridized carbons (Fsp3) is 0.448.